The summed E-state index contributed by atoms with van der Waals surface area (Å²) >= 11 is 8.80. The Morgan fingerprint density at radius 3 is 2.75 bits per heavy atom. The van der Waals surface area contributed by atoms with E-state index >= 15 is 0 Å². The van der Waals surface area contributed by atoms with Crippen LogP contribution in [0.15, 0.2) is 27.3 Å². The SMILES string of the molecule is CCn1c(O)c(C=NCCSCc2cccs2)c(=O)n(CC)c1=S. The maximum atomic E-state index is 12.4. The molecular weight excluding hydrogens is 362 g/mol. The predicted molar refractivity (Wildman–Crippen MR) is 105 cm³/mol. The lowest BCUT2D eigenvalue weighted by atomic mass is 10.3. The molecule has 0 aliphatic heterocycles. The molecule has 0 saturated heterocycles. The van der Waals surface area contributed by atoms with Crippen molar-refractivity contribution >= 4 is 41.5 Å². The monoisotopic (exact) mass is 383 g/mol. The van der Waals surface area contributed by atoms with Crippen LogP contribution in [0.5, 0.6) is 5.88 Å². The Bertz CT molecular complexity index is 807. The summed E-state index contributed by atoms with van der Waals surface area (Å²) < 4.78 is 3.37. The smallest absolute Gasteiger partial charge is 0.267 e. The summed E-state index contributed by atoms with van der Waals surface area (Å²) in [5.41, 5.74) is -0.0877. The topological polar surface area (TPSA) is 59.5 Å². The zero-order chi connectivity index (χ0) is 17.5. The van der Waals surface area contributed by atoms with Crippen LogP contribution in [-0.2, 0) is 18.8 Å². The van der Waals surface area contributed by atoms with Crippen molar-refractivity contribution in [3.63, 3.8) is 0 Å². The van der Waals surface area contributed by atoms with Crippen LogP contribution in [-0.4, -0.2) is 32.8 Å². The number of nitrogens with zero attached hydrogens (tertiary/aromatic N) is 3. The summed E-state index contributed by atoms with van der Waals surface area (Å²) in [6.45, 7) is 5.30. The Hall–Kier alpha value is -1.38. The molecule has 130 valence electrons. The number of aromatic nitrogens is 2. The zero-order valence-corrected chi connectivity index (χ0v) is 16.2. The van der Waals surface area contributed by atoms with Crippen molar-refractivity contribution < 1.29 is 5.11 Å². The fraction of sp³-hybridized carbons (Fsp3) is 0.438. The van der Waals surface area contributed by atoms with E-state index in [0.29, 0.717) is 24.4 Å². The van der Waals surface area contributed by atoms with Gasteiger partial charge in [0.2, 0.25) is 5.88 Å². The quantitative estimate of drug-likeness (QED) is 0.430. The molecule has 0 radical (unpaired) electrons. The van der Waals surface area contributed by atoms with E-state index in [-0.39, 0.29) is 17.0 Å². The van der Waals surface area contributed by atoms with Crippen LogP contribution in [0.3, 0.4) is 0 Å². The summed E-state index contributed by atoms with van der Waals surface area (Å²) in [5, 5.41) is 12.4. The van der Waals surface area contributed by atoms with Crippen LogP contribution in [0, 0.1) is 4.77 Å². The third kappa shape index (κ3) is 4.37. The fourth-order valence-corrected chi connectivity index (χ4v) is 4.34. The van der Waals surface area contributed by atoms with E-state index in [1.807, 2.05) is 19.9 Å². The molecule has 2 rings (SSSR count). The summed E-state index contributed by atoms with van der Waals surface area (Å²) in [7, 11) is 0. The lowest BCUT2D eigenvalue weighted by Gasteiger charge is -2.13. The molecule has 24 heavy (non-hydrogen) atoms. The number of rotatable bonds is 8. The highest BCUT2D eigenvalue weighted by Gasteiger charge is 2.13. The average Bonchev–Trinajstić information content (AvgIpc) is 3.07. The number of thioether (sulfide) groups is 1. The summed E-state index contributed by atoms with van der Waals surface area (Å²) in [5.74, 6) is 1.73. The van der Waals surface area contributed by atoms with Gasteiger partial charge in [0.05, 0.1) is 0 Å². The van der Waals surface area contributed by atoms with Gasteiger partial charge in [-0.25, -0.2) is 0 Å². The van der Waals surface area contributed by atoms with Crippen molar-refractivity contribution in [3.05, 3.63) is 43.1 Å². The largest absolute Gasteiger partial charge is 0.494 e. The average molecular weight is 384 g/mol. The van der Waals surface area contributed by atoms with Crippen molar-refractivity contribution in [2.24, 2.45) is 4.99 Å². The molecule has 5 nitrogen and oxygen atoms in total. The molecule has 0 saturated carbocycles. The van der Waals surface area contributed by atoms with Crippen molar-refractivity contribution in [3.8, 4) is 5.88 Å². The molecule has 0 bridgehead atoms. The van der Waals surface area contributed by atoms with Crippen molar-refractivity contribution in [1.29, 1.82) is 0 Å². The number of hydrogen-bond acceptors (Lipinski definition) is 6. The first-order valence-corrected chi connectivity index (χ1v) is 10.2. The molecule has 2 aromatic heterocycles. The van der Waals surface area contributed by atoms with Crippen molar-refractivity contribution in [1.82, 2.24) is 9.13 Å². The van der Waals surface area contributed by atoms with E-state index in [1.54, 1.807) is 27.7 Å². The highest BCUT2D eigenvalue weighted by molar-refractivity contribution is 7.98. The van der Waals surface area contributed by atoms with Gasteiger partial charge in [-0.15, -0.1) is 11.3 Å². The molecule has 0 aromatic carbocycles. The summed E-state index contributed by atoms with van der Waals surface area (Å²) in [6, 6.07) is 4.16. The minimum Gasteiger partial charge on any atom is -0.494 e. The molecule has 0 aliphatic rings. The Balaban J connectivity index is 2.05. The van der Waals surface area contributed by atoms with Crippen LogP contribution < -0.4 is 5.56 Å². The molecule has 1 N–H and O–H groups in total. The molecular formula is C16H21N3O2S3. The van der Waals surface area contributed by atoms with Crippen molar-refractivity contribution in [2.45, 2.75) is 32.7 Å². The number of thiophene rings is 1. The molecule has 0 fully saturated rings. The third-order valence-electron chi connectivity index (χ3n) is 3.48. The Labute approximate surface area is 154 Å². The zero-order valence-electron chi connectivity index (χ0n) is 13.8. The van der Waals surface area contributed by atoms with Gasteiger partial charge in [-0.2, -0.15) is 11.8 Å². The lowest BCUT2D eigenvalue weighted by molar-refractivity contribution is 0.399. The Morgan fingerprint density at radius 1 is 1.38 bits per heavy atom. The van der Waals surface area contributed by atoms with Crippen LogP contribution in [0.4, 0.5) is 0 Å². The number of aromatic hydroxyl groups is 1. The molecule has 0 amide bonds. The molecule has 2 aromatic rings. The molecule has 8 heteroatoms. The Kier molecular flexibility index (Phi) is 7.26. The molecule has 0 aliphatic carbocycles. The molecule has 0 spiro atoms. The number of hydrogen-bond donors (Lipinski definition) is 1. The molecule has 0 unspecified atom stereocenters. The first-order valence-electron chi connectivity index (χ1n) is 7.76. The lowest BCUT2D eigenvalue weighted by Crippen LogP contribution is -2.28. The molecule has 2 heterocycles. The highest BCUT2D eigenvalue weighted by atomic mass is 32.2. The van der Waals surface area contributed by atoms with Gasteiger partial charge in [-0.05, 0) is 37.5 Å². The van der Waals surface area contributed by atoms with Gasteiger partial charge in [0.1, 0.15) is 5.56 Å². The van der Waals surface area contributed by atoms with Gasteiger partial charge >= 0.3 is 0 Å². The van der Waals surface area contributed by atoms with E-state index in [1.165, 1.54) is 15.7 Å². The normalized spacial score (nSPS) is 11.4. The standard InChI is InChI=1S/C16H21N3O2S3/c1-3-18-14(20)13(15(21)19(4-2)16(18)22)10-17-7-9-23-11-12-6-5-8-24-12/h5-6,8,10,20H,3-4,7,9,11H2,1-2H3. The van der Waals surface area contributed by atoms with E-state index < -0.39 is 0 Å². The van der Waals surface area contributed by atoms with Crippen LogP contribution in [0.1, 0.15) is 24.3 Å². The van der Waals surface area contributed by atoms with Gasteiger partial charge in [0, 0.05) is 42.2 Å². The van der Waals surface area contributed by atoms with E-state index in [9.17, 15) is 9.90 Å². The maximum absolute atomic E-state index is 12.4. The fourth-order valence-electron chi connectivity index (χ4n) is 2.23. The van der Waals surface area contributed by atoms with Crippen LogP contribution in [0.2, 0.25) is 0 Å². The third-order valence-corrected chi connectivity index (χ3v) is 5.96. The predicted octanol–water partition coefficient (Wildman–Crippen LogP) is 3.54. The van der Waals surface area contributed by atoms with Crippen molar-refractivity contribution in [2.75, 3.05) is 12.3 Å². The van der Waals surface area contributed by atoms with Gasteiger partial charge < -0.3 is 5.11 Å². The van der Waals surface area contributed by atoms with Crippen LogP contribution in [0.25, 0.3) is 0 Å². The summed E-state index contributed by atoms with van der Waals surface area (Å²) in [6.07, 6.45) is 1.47. The maximum Gasteiger partial charge on any atom is 0.267 e. The second-order valence-electron chi connectivity index (χ2n) is 4.98. The minimum absolute atomic E-state index is 0.104. The van der Waals surface area contributed by atoms with Gasteiger partial charge in [0.25, 0.3) is 5.56 Å². The highest BCUT2D eigenvalue weighted by Crippen LogP contribution is 2.17. The van der Waals surface area contributed by atoms with Gasteiger partial charge in [-0.3, -0.25) is 18.9 Å². The van der Waals surface area contributed by atoms with Gasteiger partial charge in [-0.1, -0.05) is 6.07 Å². The summed E-state index contributed by atoms with van der Waals surface area (Å²) in [4.78, 5) is 18.1. The van der Waals surface area contributed by atoms with Crippen LogP contribution >= 0.6 is 35.3 Å². The van der Waals surface area contributed by atoms with Gasteiger partial charge in [0.15, 0.2) is 4.77 Å². The first-order chi connectivity index (χ1) is 11.6. The first kappa shape index (κ1) is 19.0. The van der Waals surface area contributed by atoms with E-state index in [2.05, 4.69) is 16.4 Å². The Morgan fingerprint density at radius 2 is 2.12 bits per heavy atom. The van der Waals surface area contributed by atoms with E-state index in [4.69, 9.17) is 12.2 Å². The second kappa shape index (κ2) is 9.19. The minimum atomic E-state index is -0.292. The number of aliphatic imine (C=N–C) groups is 1. The van der Waals surface area contributed by atoms with E-state index in [0.717, 1.165) is 11.5 Å². The second-order valence-corrected chi connectivity index (χ2v) is 7.48. The molecule has 0 atom stereocenters.